The Bertz CT molecular complexity index is 664. The first-order valence-electron chi connectivity index (χ1n) is 7.18. The van der Waals surface area contributed by atoms with Gasteiger partial charge in [-0.3, -0.25) is 5.32 Å². The highest BCUT2D eigenvalue weighted by molar-refractivity contribution is 5.88. The molecule has 0 aliphatic heterocycles. The second-order valence-corrected chi connectivity index (χ2v) is 5.41. The zero-order valence-electron chi connectivity index (χ0n) is 13.4. The van der Waals surface area contributed by atoms with Crippen molar-refractivity contribution in [1.29, 1.82) is 0 Å². The molecule has 0 aromatic heterocycles. The van der Waals surface area contributed by atoms with Crippen LogP contribution in [-0.4, -0.2) is 11.2 Å². The third-order valence-corrected chi connectivity index (χ3v) is 4.03. The first-order valence-corrected chi connectivity index (χ1v) is 7.18. The average molecular weight is 299 g/mol. The normalized spacial score (nSPS) is 10.4. The van der Waals surface area contributed by atoms with Crippen LogP contribution in [0.2, 0.25) is 0 Å². The summed E-state index contributed by atoms with van der Waals surface area (Å²) in [4.78, 5) is 12.0. The lowest BCUT2D eigenvalue weighted by molar-refractivity contribution is 0.155. The van der Waals surface area contributed by atoms with Crippen molar-refractivity contribution in [3.8, 4) is 5.75 Å². The van der Waals surface area contributed by atoms with Crippen molar-refractivity contribution in [3.05, 3.63) is 58.1 Å². The summed E-state index contributed by atoms with van der Waals surface area (Å²) in [5.74, 6) is 0.210. The first kappa shape index (κ1) is 15.9. The quantitative estimate of drug-likeness (QED) is 0.884. The first-order chi connectivity index (χ1) is 10.4. The molecule has 0 spiro atoms. The predicted octanol–water partition coefficient (Wildman–Crippen LogP) is 4.37. The fourth-order valence-electron chi connectivity index (χ4n) is 2.38. The van der Waals surface area contributed by atoms with Crippen LogP contribution in [0.4, 0.5) is 10.5 Å². The summed E-state index contributed by atoms with van der Waals surface area (Å²) in [5, 5.41) is 12.9. The summed E-state index contributed by atoms with van der Waals surface area (Å²) in [5.41, 5.74) is 4.91. The number of carbonyl (C=O) groups is 1. The molecule has 2 aromatic carbocycles. The Morgan fingerprint density at radius 3 is 2.27 bits per heavy atom. The van der Waals surface area contributed by atoms with Gasteiger partial charge in [-0.2, -0.15) is 0 Å². The van der Waals surface area contributed by atoms with Crippen molar-refractivity contribution in [2.24, 2.45) is 0 Å². The molecule has 116 valence electrons. The van der Waals surface area contributed by atoms with E-state index in [4.69, 9.17) is 4.74 Å². The van der Waals surface area contributed by atoms with Crippen LogP contribution in [-0.2, 0) is 11.3 Å². The zero-order chi connectivity index (χ0) is 16.3. The van der Waals surface area contributed by atoms with E-state index in [0.29, 0.717) is 11.3 Å². The Labute approximate surface area is 130 Å². The van der Waals surface area contributed by atoms with Gasteiger partial charge in [0.15, 0.2) is 0 Å². The molecule has 2 rings (SSSR count). The average Bonchev–Trinajstić information content (AvgIpc) is 2.54. The van der Waals surface area contributed by atoms with Crippen molar-refractivity contribution in [1.82, 2.24) is 0 Å². The minimum Gasteiger partial charge on any atom is -0.507 e. The van der Waals surface area contributed by atoms with E-state index < -0.39 is 6.09 Å². The minimum absolute atomic E-state index is 0.210. The van der Waals surface area contributed by atoms with E-state index in [2.05, 4.69) is 5.32 Å². The van der Waals surface area contributed by atoms with E-state index in [9.17, 15) is 9.90 Å². The summed E-state index contributed by atoms with van der Waals surface area (Å²) in [6, 6.07) is 9.49. The van der Waals surface area contributed by atoms with Gasteiger partial charge in [-0.1, -0.05) is 30.3 Å². The van der Waals surface area contributed by atoms with Gasteiger partial charge < -0.3 is 9.84 Å². The summed E-state index contributed by atoms with van der Waals surface area (Å²) in [6.07, 6.45) is -0.530. The maximum absolute atomic E-state index is 12.0. The molecule has 0 aliphatic rings. The molecule has 1 amide bonds. The maximum atomic E-state index is 12.0. The van der Waals surface area contributed by atoms with Crippen molar-refractivity contribution < 1.29 is 14.6 Å². The van der Waals surface area contributed by atoms with Crippen molar-refractivity contribution in [2.45, 2.75) is 34.3 Å². The van der Waals surface area contributed by atoms with Gasteiger partial charge in [0, 0.05) is 5.56 Å². The van der Waals surface area contributed by atoms with E-state index in [0.717, 1.165) is 22.3 Å². The van der Waals surface area contributed by atoms with Crippen LogP contribution in [0, 0.1) is 27.7 Å². The van der Waals surface area contributed by atoms with Gasteiger partial charge in [0.05, 0.1) is 5.69 Å². The number of nitrogens with one attached hydrogen (secondary N) is 1. The van der Waals surface area contributed by atoms with Gasteiger partial charge >= 0.3 is 6.09 Å². The highest BCUT2D eigenvalue weighted by Crippen LogP contribution is 2.35. The van der Waals surface area contributed by atoms with Crippen molar-refractivity contribution >= 4 is 11.8 Å². The number of carbonyl (C=O) groups excluding carboxylic acids is 1. The fraction of sp³-hybridized carbons (Fsp3) is 0.278. The second-order valence-electron chi connectivity index (χ2n) is 5.41. The number of phenols is 1. The summed E-state index contributed by atoms with van der Waals surface area (Å²) in [6.45, 7) is 7.69. The van der Waals surface area contributed by atoms with Crippen molar-refractivity contribution in [2.75, 3.05) is 5.32 Å². The van der Waals surface area contributed by atoms with E-state index in [-0.39, 0.29) is 12.4 Å². The summed E-state index contributed by atoms with van der Waals surface area (Å²) in [7, 11) is 0. The van der Waals surface area contributed by atoms with Gasteiger partial charge in [0.1, 0.15) is 12.4 Å². The molecule has 0 saturated carbocycles. The molecule has 22 heavy (non-hydrogen) atoms. The molecular formula is C18H21NO3. The Hall–Kier alpha value is -2.49. The number of ether oxygens (including phenoxy) is 1. The maximum Gasteiger partial charge on any atom is 0.411 e. The van der Waals surface area contributed by atoms with Gasteiger partial charge in [-0.25, -0.2) is 4.79 Å². The predicted molar refractivity (Wildman–Crippen MR) is 87.3 cm³/mol. The van der Waals surface area contributed by atoms with Gasteiger partial charge in [-0.05, 0) is 49.9 Å². The molecule has 2 N–H and O–H groups in total. The molecule has 0 atom stereocenters. The Morgan fingerprint density at radius 2 is 1.64 bits per heavy atom. The van der Waals surface area contributed by atoms with Gasteiger partial charge in [0.2, 0.25) is 0 Å². The molecule has 0 aliphatic carbocycles. The Balaban J connectivity index is 2.12. The number of hydrogen-bond donors (Lipinski definition) is 2. The van der Waals surface area contributed by atoms with Crippen LogP contribution < -0.4 is 5.32 Å². The van der Waals surface area contributed by atoms with Gasteiger partial charge in [-0.15, -0.1) is 0 Å². The third-order valence-electron chi connectivity index (χ3n) is 4.03. The van der Waals surface area contributed by atoms with Crippen LogP contribution in [0.25, 0.3) is 0 Å². The monoisotopic (exact) mass is 299 g/mol. The number of anilines is 1. The Morgan fingerprint density at radius 1 is 1.00 bits per heavy atom. The number of rotatable bonds is 3. The molecule has 0 radical (unpaired) electrons. The number of aromatic hydroxyl groups is 1. The van der Waals surface area contributed by atoms with E-state index in [1.54, 1.807) is 6.92 Å². The van der Waals surface area contributed by atoms with E-state index in [1.807, 2.05) is 51.1 Å². The zero-order valence-corrected chi connectivity index (χ0v) is 13.4. The lowest BCUT2D eigenvalue weighted by Gasteiger charge is -2.17. The number of hydrogen-bond acceptors (Lipinski definition) is 3. The molecule has 2 aromatic rings. The third kappa shape index (κ3) is 3.22. The van der Waals surface area contributed by atoms with Gasteiger partial charge in [0.25, 0.3) is 0 Å². The molecule has 4 nitrogen and oxygen atoms in total. The second kappa shape index (κ2) is 6.52. The highest BCUT2D eigenvalue weighted by atomic mass is 16.5. The van der Waals surface area contributed by atoms with Crippen LogP contribution >= 0.6 is 0 Å². The SMILES string of the molecule is Cc1c(C)c(O)c(C)c(NC(=O)OCc2ccccc2)c1C. The number of benzene rings is 2. The lowest BCUT2D eigenvalue weighted by atomic mass is 9.97. The van der Waals surface area contributed by atoms with E-state index >= 15 is 0 Å². The van der Waals surface area contributed by atoms with Crippen LogP contribution in [0.1, 0.15) is 27.8 Å². The van der Waals surface area contributed by atoms with E-state index in [1.165, 1.54) is 0 Å². The Kier molecular flexibility index (Phi) is 4.71. The molecule has 0 heterocycles. The standard InChI is InChI=1S/C18H21NO3/c1-11-12(2)16(14(4)17(20)13(11)3)19-18(21)22-10-15-8-6-5-7-9-15/h5-9,20H,10H2,1-4H3,(H,19,21). The summed E-state index contributed by atoms with van der Waals surface area (Å²) >= 11 is 0. The van der Waals surface area contributed by atoms with Crippen LogP contribution in [0.3, 0.4) is 0 Å². The smallest absolute Gasteiger partial charge is 0.411 e. The van der Waals surface area contributed by atoms with Crippen LogP contribution in [0.5, 0.6) is 5.75 Å². The fourth-order valence-corrected chi connectivity index (χ4v) is 2.38. The molecule has 0 fully saturated rings. The molecule has 0 bridgehead atoms. The van der Waals surface area contributed by atoms with Crippen molar-refractivity contribution in [3.63, 3.8) is 0 Å². The molecular weight excluding hydrogens is 278 g/mol. The number of phenolic OH excluding ortho intramolecular Hbond substituents is 1. The molecule has 4 heteroatoms. The lowest BCUT2D eigenvalue weighted by Crippen LogP contribution is -2.16. The minimum atomic E-state index is -0.530. The molecule has 0 saturated heterocycles. The number of amides is 1. The van der Waals surface area contributed by atoms with Crippen LogP contribution in [0.15, 0.2) is 30.3 Å². The largest absolute Gasteiger partial charge is 0.507 e. The topological polar surface area (TPSA) is 58.6 Å². The summed E-state index contributed by atoms with van der Waals surface area (Å²) < 4.78 is 5.22. The highest BCUT2D eigenvalue weighted by Gasteiger charge is 2.16. The molecule has 0 unspecified atom stereocenters.